The van der Waals surface area contributed by atoms with Crippen LogP contribution in [0.25, 0.3) is 0 Å². The maximum absolute atomic E-state index is 11.6. The molecule has 3 heteroatoms. The van der Waals surface area contributed by atoms with Gasteiger partial charge in [0.15, 0.2) is 0 Å². The van der Waals surface area contributed by atoms with Crippen molar-refractivity contribution in [3.05, 3.63) is 34.3 Å². The molecule has 1 aromatic rings. The van der Waals surface area contributed by atoms with Gasteiger partial charge in [-0.1, -0.05) is 24.6 Å². The van der Waals surface area contributed by atoms with E-state index in [-0.39, 0.29) is 5.91 Å². The minimum absolute atomic E-state index is 0.0492. The number of amides is 1. The van der Waals surface area contributed by atoms with Gasteiger partial charge in [-0.15, -0.1) is 0 Å². The molecule has 14 heavy (non-hydrogen) atoms. The highest BCUT2D eigenvalue weighted by Crippen LogP contribution is 2.18. The van der Waals surface area contributed by atoms with Crippen LogP contribution in [-0.2, 0) is 0 Å². The van der Waals surface area contributed by atoms with Crippen molar-refractivity contribution in [2.75, 3.05) is 6.54 Å². The maximum atomic E-state index is 11.6. The third kappa shape index (κ3) is 2.48. The van der Waals surface area contributed by atoms with Crippen molar-refractivity contribution in [3.63, 3.8) is 0 Å². The van der Waals surface area contributed by atoms with Gasteiger partial charge in [-0.2, -0.15) is 0 Å². The second-order valence-electron chi connectivity index (χ2n) is 3.17. The van der Waals surface area contributed by atoms with E-state index in [4.69, 9.17) is 11.6 Å². The van der Waals surface area contributed by atoms with E-state index in [0.717, 1.165) is 12.0 Å². The van der Waals surface area contributed by atoms with Gasteiger partial charge in [0.2, 0.25) is 0 Å². The number of hydrogen-bond donors (Lipinski definition) is 1. The Kier molecular flexibility index (Phi) is 3.96. The smallest absolute Gasteiger partial charge is 0.251 e. The van der Waals surface area contributed by atoms with Gasteiger partial charge in [0, 0.05) is 17.1 Å². The highest BCUT2D eigenvalue weighted by molar-refractivity contribution is 6.31. The number of hydrogen-bond acceptors (Lipinski definition) is 1. The first-order chi connectivity index (χ1) is 6.66. The number of nitrogens with one attached hydrogen (secondary N) is 1. The molecule has 0 saturated carbocycles. The summed E-state index contributed by atoms with van der Waals surface area (Å²) in [5, 5.41) is 3.45. The monoisotopic (exact) mass is 211 g/mol. The van der Waals surface area contributed by atoms with E-state index in [1.54, 1.807) is 18.2 Å². The van der Waals surface area contributed by atoms with Crippen LogP contribution in [0.15, 0.2) is 18.2 Å². The molecule has 1 N–H and O–H groups in total. The van der Waals surface area contributed by atoms with E-state index < -0.39 is 0 Å². The Morgan fingerprint density at radius 1 is 1.50 bits per heavy atom. The predicted molar refractivity (Wildman–Crippen MR) is 58.8 cm³/mol. The lowest BCUT2D eigenvalue weighted by Crippen LogP contribution is -2.24. The van der Waals surface area contributed by atoms with Crippen LogP contribution in [0.1, 0.15) is 29.3 Å². The zero-order valence-corrected chi connectivity index (χ0v) is 9.19. The zero-order valence-electron chi connectivity index (χ0n) is 8.43. The molecule has 0 aromatic heterocycles. The Morgan fingerprint density at radius 3 is 2.86 bits per heavy atom. The molecule has 0 radical (unpaired) electrons. The summed E-state index contributed by atoms with van der Waals surface area (Å²) in [5.41, 5.74) is 1.49. The summed E-state index contributed by atoms with van der Waals surface area (Å²) in [6.07, 6.45) is 0.936. The Hall–Kier alpha value is -1.02. The molecule has 0 fully saturated rings. The van der Waals surface area contributed by atoms with E-state index in [2.05, 4.69) is 5.32 Å². The van der Waals surface area contributed by atoms with Crippen molar-refractivity contribution in [3.8, 4) is 0 Å². The highest BCUT2D eigenvalue weighted by atomic mass is 35.5. The van der Waals surface area contributed by atoms with Crippen molar-refractivity contribution in [2.45, 2.75) is 20.3 Å². The molecule has 0 aliphatic carbocycles. The fraction of sp³-hybridized carbons (Fsp3) is 0.364. The van der Waals surface area contributed by atoms with Gasteiger partial charge in [-0.05, 0) is 31.0 Å². The second-order valence-corrected chi connectivity index (χ2v) is 3.58. The van der Waals surface area contributed by atoms with Crippen LogP contribution < -0.4 is 5.32 Å². The maximum Gasteiger partial charge on any atom is 0.251 e. The van der Waals surface area contributed by atoms with Gasteiger partial charge in [-0.25, -0.2) is 0 Å². The van der Waals surface area contributed by atoms with Crippen LogP contribution in [0, 0.1) is 6.92 Å². The van der Waals surface area contributed by atoms with Crippen molar-refractivity contribution in [1.82, 2.24) is 5.32 Å². The molecule has 0 heterocycles. The minimum Gasteiger partial charge on any atom is -0.352 e. The first-order valence-corrected chi connectivity index (χ1v) is 5.08. The molecule has 1 rings (SSSR count). The van der Waals surface area contributed by atoms with Crippen LogP contribution in [0.4, 0.5) is 0 Å². The fourth-order valence-corrected chi connectivity index (χ4v) is 1.36. The summed E-state index contributed by atoms with van der Waals surface area (Å²) in [6.45, 7) is 4.57. The second kappa shape index (κ2) is 5.01. The molecule has 1 amide bonds. The largest absolute Gasteiger partial charge is 0.352 e. The Morgan fingerprint density at radius 2 is 2.21 bits per heavy atom. The molecule has 1 aromatic carbocycles. The number of carbonyl (C=O) groups is 1. The molecule has 0 spiro atoms. The van der Waals surface area contributed by atoms with Crippen LogP contribution >= 0.6 is 11.6 Å². The van der Waals surface area contributed by atoms with E-state index in [1.165, 1.54) is 0 Å². The SMILES string of the molecule is CCCNC(=O)c1cccc(Cl)c1C. The molecule has 76 valence electrons. The summed E-state index contributed by atoms with van der Waals surface area (Å²) in [7, 11) is 0. The van der Waals surface area contributed by atoms with Crippen LogP contribution in [0.2, 0.25) is 5.02 Å². The summed E-state index contributed by atoms with van der Waals surface area (Å²) < 4.78 is 0. The first-order valence-electron chi connectivity index (χ1n) is 4.70. The minimum atomic E-state index is -0.0492. The van der Waals surface area contributed by atoms with E-state index in [1.807, 2.05) is 13.8 Å². The molecular formula is C11H14ClNO. The van der Waals surface area contributed by atoms with Gasteiger partial charge < -0.3 is 5.32 Å². The molecule has 0 unspecified atom stereocenters. The van der Waals surface area contributed by atoms with Crippen molar-refractivity contribution in [1.29, 1.82) is 0 Å². The van der Waals surface area contributed by atoms with Crippen molar-refractivity contribution < 1.29 is 4.79 Å². The lowest BCUT2D eigenvalue weighted by atomic mass is 10.1. The summed E-state index contributed by atoms with van der Waals surface area (Å²) in [4.78, 5) is 11.6. The van der Waals surface area contributed by atoms with Crippen LogP contribution in [0.3, 0.4) is 0 Å². The van der Waals surface area contributed by atoms with E-state index >= 15 is 0 Å². The first kappa shape index (κ1) is 11.1. The molecule has 0 bridgehead atoms. The summed E-state index contributed by atoms with van der Waals surface area (Å²) in [6, 6.07) is 5.36. The van der Waals surface area contributed by atoms with Crippen molar-refractivity contribution in [2.24, 2.45) is 0 Å². The number of carbonyl (C=O) groups excluding carboxylic acids is 1. The Bertz CT molecular complexity index is 336. The van der Waals surface area contributed by atoms with Gasteiger partial charge in [0.1, 0.15) is 0 Å². The molecular weight excluding hydrogens is 198 g/mol. The molecule has 2 nitrogen and oxygen atoms in total. The summed E-state index contributed by atoms with van der Waals surface area (Å²) in [5.74, 6) is -0.0492. The zero-order chi connectivity index (χ0) is 10.6. The van der Waals surface area contributed by atoms with Gasteiger partial charge in [-0.3, -0.25) is 4.79 Å². The normalized spacial score (nSPS) is 9.93. The average molecular weight is 212 g/mol. The third-order valence-electron chi connectivity index (χ3n) is 2.05. The van der Waals surface area contributed by atoms with Crippen LogP contribution in [-0.4, -0.2) is 12.5 Å². The molecule has 0 atom stereocenters. The van der Waals surface area contributed by atoms with Gasteiger partial charge in [0.05, 0.1) is 0 Å². The summed E-state index contributed by atoms with van der Waals surface area (Å²) >= 11 is 5.91. The number of halogens is 1. The number of benzene rings is 1. The quantitative estimate of drug-likeness (QED) is 0.819. The fourth-order valence-electron chi connectivity index (χ4n) is 1.19. The average Bonchev–Trinajstić information content (AvgIpc) is 2.18. The van der Waals surface area contributed by atoms with Crippen LogP contribution in [0.5, 0.6) is 0 Å². The van der Waals surface area contributed by atoms with E-state index in [9.17, 15) is 4.79 Å². The predicted octanol–water partition coefficient (Wildman–Crippen LogP) is 2.79. The van der Waals surface area contributed by atoms with Crippen molar-refractivity contribution >= 4 is 17.5 Å². The Labute approximate surface area is 89.3 Å². The van der Waals surface area contributed by atoms with Gasteiger partial charge >= 0.3 is 0 Å². The van der Waals surface area contributed by atoms with Gasteiger partial charge in [0.25, 0.3) is 5.91 Å². The Balaban J connectivity index is 2.84. The number of rotatable bonds is 3. The molecule has 0 aliphatic rings. The lowest BCUT2D eigenvalue weighted by molar-refractivity contribution is 0.0953. The standard InChI is InChI=1S/C11H14ClNO/c1-3-7-13-11(14)9-5-4-6-10(12)8(9)2/h4-6H,3,7H2,1-2H3,(H,13,14). The molecule has 0 aliphatic heterocycles. The van der Waals surface area contributed by atoms with E-state index in [0.29, 0.717) is 17.1 Å². The lowest BCUT2D eigenvalue weighted by Gasteiger charge is -2.07. The third-order valence-corrected chi connectivity index (χ3v) is 2.46. The topological polar surface area (TPSA) is 29.1 Å². The highest BCUT2D eigenvalue weighted by Gasteiger charge is 2.09. The molecule has 0 saturated heterocycles.